The van der Waals surface area contributed by atoms with E-state index < -0.39 is 0 Å². The number of rotatable bonds is 3. The maximum Gasteiger partial charge on any atom is 0.237 e. The standard InChI is InChI=1S/C11H17ClN2O/c1-11(2,3)4-5-15-10-9(13)6-8(12)7-14-10/h6-7H,4-5,13H2,1-3H3. The second-order valence-electron chi connectivity index (χ2n) is 4.71. The third kappa shape index (κ3) is 4.38. The first kappa shape index (κ1) is 12.1. The largest absolute Gasteiger partial charge is 0.476 e. The minimum absolute atomic E-state index is 0.251. The van der Waals surface area contributed by atoms with Gasteiger partial charge in [0, 0.05) is 6.20 Å². The van der Waals surface area contributed by atoms with Crippen molar-refractivity contribution in [1.29, 1.82) is 0 Å². The van der Waals surface area contributed by atoms with Crippen LogP contribution in [-0.2, 0) is 0 Å². The van der Waals surface area contributed by atoms with E-state index in [0.29, 0.717) is 23.2 Å². The molecule has 4 heteroatoms. The van der Waals surface area contributed by atoms with Gasteiger partial charge in [-0.25, -0.2) is 4.98 Å². The van der Waals surface area contributed by atoms with Crippen molar-refractivity contribution in [3.05, 3.63) is 17.3 Å². The molecule has 0 amide bonds. The van der Waals surface area contributed by atoms with Crippen LogP contribution in [0.25, 0.3) is 0 Å². The molecule has 0 unspecified atom stereocenters. The average molecular weight is 229 g/mol. The van der Waals surface area contributed by atoms with Crippen molar-refractivity contribution < 1.29 is 4.74 Å². The predicted octanol–water partition coefficient (Wildman–Crippen LogP) is 3.13. The van der Waals surface area contributed by atoms with Crippen molar-refractivity contribution >= 4 is 17.3 Å². The van der Waals surface area contributed by atoms with Gasteiger partial charge in [-0.05, 0) is 17.9 Å². The lowest BCUT2D eigenvalue weighted by molar-refractivity contribution is 0.237. The number of halogens is 1. The Hall–Kier alpha value is -0.960. The Balaban J connectivity index is 2.51. The predicted molar refractivity (Wildman–Crippen MR) is 63.2 cm³/mol. The van der Waals surface area contributed by atoms with Gasteiger partial charge in [-0.15, -0.1) is 0 Å². The highest BCUT2D eigenvalue weighted by Crippen LogP contribution is 2.23. The molecule has 1 heterocycles. The molecule has 0 saturated carbocycles. The summed E-state index contributed by atoms with van der Waals surface area (Å²) >= 11 is 5.73. The molecular formula is C11H17ClN2O. The Morgan fingerprint density at radius 3 is 2.67 bits per heavy atom. The number of pyridine rings is 1. The Bertz CT molecular complexity index is 334. The first-order chi connectivity index (χ1) is 6.88. The van der Waals surface area contributed by atoms with E-state index in [4.69, 9.17) is 22.1 Å². The Kier molecular flexibility index (Phi) is 3.80. The first-order valence-electron chi connectivity index (χ1n) is 4.92. The van der Waals surface area contributed by atoms with Crippen LogP contribution in [0.5, 0.6) is 5.88 Å². The van der Waals surface area contributed by atoms with Gasteiger partial charge in [-0.3, -0.25) is 0 Å². The van der Waals surface area contributed by atoms with Crippen LogP contribution in [0.15, 0.2) is 12.3 Å². The number of nitrogens with two attached hydrogens (primary N) is 1. The normalized spacial score (nSPS) is 11.5. The molecule has 1 rings (SSSR count). The van der Waals surface area contributed by atoms with Gasteiger partial charge < -0.3 is 10.5 Å². The highest BCUT2D eigenvalue weighted by molar-refractivity contribution is 6.30. The van der Waals surface area contributed by atoms with E-state index in [1.165, 1.54) is 6.20 Å². The third-order valence-corrected chi connectivity index (χ3v) is 2.14. The van der Waals surface area contributed by atoms with Gasteiger partial charge in [-0.2, -0.15) is 0 Å². The van der Waals surface area contributed by atoms with Gasteiger partial charge in [0.1, 0.15) is 0 Å². The maximum atomic E-state index is 5.73. The van der Waals surface area contributed by atoms with Crippen LogP contribution >= 0.6 is 11.6 Å². The van der Waals surface area contributed by atoms with Crippen LogP contribution in [0.1, 0.15) is 27.2 Å². The molecule has 0 fully saturated rings. The molecule has 0 spiro atoms. The number of anilines is 1. The van der Waals surface area contributed by atoms with Crippen LogP contribution < -0.4 is 10.5 Å². The summed E-state index contributed by atoms with van der Waals surface area (Å²) in [5.41, 5.74) is 6.43. The summed E-state index contributed by atoms with van der Waals surface area (Å²) in [7, 11) is 0. The Morgan fingerprint density at radius 1 is 1.47 bits per heavy atom. The summed E-state index contributed by atoms with van der Waals surface area (Å²) in [5, 5.41) is 0.524. The molecule has 0 aliphatic carbocycles. The smallest absolute Gasteiger partial charge is 0.237 e. The summed E-state index contributed by atoms with van der Waals surface area (Å²) in [6.07, 6.45) is 2.49. The SMILES string of the molecule is CC(C)(C)CCOc1ncc(Cl)cc1N. The minimum atomic E-state index is 0.251. The average Bonchev–Trinajstić information content (AvgIpc) is 2.07. The molecule has 1 aromatic rings. The lowest BCUT2D eigenvalue weighted by Crippen LogP contribution is -2.12. The van der Waals surface area contributed by atoms with Crippen molar-refractivity contribution in [2.45, 2.75) is 27.2 Å². The molecule has 0 aliphatic heterocycles. The second kappa shape index (κ2) is 4.71. The summed E-state index contributed by atoms with van der Waals surface area (Å²) in [6, 6.07) is 1.64. The quantitative estimate of drug-likeness (QED) is 0.865. The van der Waals surface area contributed by atoms with E-state index in [2.05, 4.69) is 25.8 Å². The molecule has 15 heavy (non-hydrogen) atoms. The third-order valence-electron chi connectivity index (χ3n) is 1.94. The fraction of sp³-hybridized carbons (Fsp3) is 0.545. The number of nitrogen functional groups attached to an aromatic ring is 1. The van der Waals surface area contributed by atoms with Gasteiger partial charge in [0.25, 0.3) is 0 Å². The van der Waals surface area contributed by atoms with Crippen molar-refractivity contribution in [3.63, 3.8) is 0 Å². The van der Waals surface area contributed by atoms with Gasteiger partial charge in [-0.1, -0.05) is 32.4 Å². The molecule has 84 valence electrons. The molecule has 3 nitrogen and oxygen atoms in total. The van der Waals surface area contributed by atoms with E-state index in [0.717, 1.165) is 6.42 Å². The van der Waals surface area contributed by atoms with Crippen LogP contribution in [-0.4, -0.2) is 11.6 Å². The number of aromatic nitrogens is 1. The zero-order valence-corrected chi connectivity index (χ0v) is 10.1. The lowest BCUT2D eigenvalue weighted by Gasteiger charge is -2.18. The van der Waals surface area contributed by atoms with Crippen LogP contribution in [0.4, 0.5) is 5.69 Å². The fourth-order valence-corrected chi connectivity index (χ4v) is 1.18. The Morgan fingerprint density at radius 2 is 2.13 bits per heavy atom. The first-order valence-corrected chi connectivity index (χ1v) is 5.30. The van der Waals surface area contributed by atoms with E-state index >= 15 is 0 Å². The molecule has 0 saturated heterocycles. The molecule has 1 aromatic heterocycles. The van der Waals surface area contributed by atoms with Crippen molar-refractivity contribution in [2.24, 2.45) is 5.41 Å². The summed E-state index contributed by atoms with van der Waals surface area (Å²) in [5.74, 6) is 0.462. The second-order valence-corrected chi connectivity index (χ2v) is 5.14. The number of hydrogen-bond donors (Lipinski definition) is 1. The monoisotopic (exact) mass is 228 g/mol. The topological polar surface area (TPSA) is 48.1 Å². The summed E-state index contributed by atoms with van der Waals surface area (Å²) in [4.78, 5) is 4.02. The van der Waals surface area contributed by atoms with E-state index in [1.807, 2.05) is 0 Å². The molecule has 0 bridgehead atoms. The molecular weight excluding hydrogens is 212 g/mol. The van der Waals surface area contributed by atoms with Gasteiger partial charge in [0.2, 0.25) is 5.88 Å². The highest BCUT2D eigenvalue weighted by Gasteiger charge is 2.11. The number of nitrogens with zero attached hydrogens (tertiary/aromatic N) is 1. The Labute approximate surface area is 95.6 Å². The van der Waals surface area contributed by atoms with Gasteiger partial charge in [0.15, 0.2) is 0 Å². The van der Waals surface area contributed by atoms with Crippen molar-refractivity contribution in [2.75, 3.05) is 12.3 Å². The molecule has 0 radical (unpaired) electrons. The van der Waals surface area contributed by atoms with E-state index in [9.17, 15) is 0 Å². The van der Waals surface area contributed by atoms with Crippen molar-refractivity contribution in [3.8, 4) is 5.88 Å². The molecule has 0 atom stereocenters. The van der Waals surface area contributed by atoms with Gasteiger partial charge in [0.05, 0.1) is 17.3 Å². The lowest BCUT2D eigenvalue weighted by atomic mass is 9.93. The molecule has 2 N–H and O–H groups in total. The van der Waals surface area contributed by atoms with E-state index in [1.54, 1.807) is 6.07 Å². The maximum absolute atomic E-state index is 5.73. The highest BCUT2D eigenvalue weighted by atomic mass is 35.5. The molecule has 0 aliphatic rings. The van der Waals surface area contributed by atoms with Crippen LogP contribution in [0.3, 0.4) is 0 Å². The minimum Gasteiger partial charge on any atom is -0.476 e. The summed E-state index contributed by atoms with van der Waals surface area (Å²) < 4.78 is 5.47. The van der Waals surface area contributed by atoms with Crippen LogP contribution in [0.2, 0.25) is 5.02 Å². The van der Waals surface area contributed by atoms with Crippen LogP contribution in [0, 0.1) is 5.41 Å². The van der Waals surface area contributed by atoms with Gasteiger partial charge >= 0.3 is 0 Å². The van der Waals surface area contributed by atoms with Crippen molar-refractivity contribution in [1.82, 2.24) is 4.98 Å². The number of ether oxygens (including phenoxy) is 1. The number of hydrogen-bond acceptors (Lipinski definition) is 3. The fourth-order valence-electron chi connectivity index (χ4n) is 1.02. The summed E-state index contributed by atoms with van der Waals surface area (Å²) in [6.45, 7) is 7.10. The zero-order valence-electron chi connectivity index (χ0n) is 9.38. The molecule has 0 aromatic carbocycles. The van der Waals surface area contributed by atoms with E-state index in [-0.39, 0.29) is 5.41 Å². The zero-order chi connectivity index (χ0) is 11.5.